The zero-order chi connectivity index (χ0) is 15.2. The van der Waals surface area contributed by atoms with Crippen LogP contribution in [0.2, 0.25) is 0 Å². The van der Waals surface area contributed by atoms with Crippen LogP contribution < -0.4 is 11.1 Å². The molecule has 0 atom stereocenters. The molecule has 20 heavy (non-hydrogen) atoms. The Kier molecular flexibility index (Phi) is 6.02. The number of rotatable bonds is 7. The number of hydrogen-bond donors (Lipinski definition) is 3. The highest BCUT2D eigenvalue weighted by Crippen LogP contribution is 2.19. The van der Waals surface area contributed by atoms with Crippen LogP contribution in [0.3, 0.4) is 0 Å². The molecule has 0 unspecified atom stereocenters. The zero-order valence-electron chi connectivity index (χ0n) is 13.0. The Bertz CT molecular complexity index is 436. The van der Waals surface area contributed by atoms with Crippen molar-refractivity contribution in [2.24, 2.45) is 16.3 Å². The lowest BCUT2D eigenvalue weighted by Gasteiger charge is -2.22. The number of nitrogens with two attached hydrogens (primary N) is 1. The summed E-state index contributed by atoms with van der Waals surface area (Å²) < 4.78 is 0. The molecule has 0 aliphatic rings. The van der Waals surface area contributed by atoms with Crippen LogP contribution in [0.4, 0.5) is 0 Å². The predicted octanol–water partition coefficient (Wildman–Crippen LogP) is 3.06. The highest BCUT2D eigenvalue weighted by Gasteiger charge is 2.22. The second-order valence-electron chi connectivity index (χ2n) is 6.19. The Balaban J connectivity index is 2.38. The lowest BCUT2D eigenvalue weighted by molar-refractivity contribution is 0.305. The average Bonchev–Trinajstić information content (AvgIpc) is 2.43. The van der Waals surface area contributed by atoms with Crippen LogP contribution in [0, 0.1) is 5.41 Å². The molecule has 0 aliphatic heterocycles. The standard InChI is InChI=1S/C16H27N3O/c1-12(2)14-7-5-13(6-8-14)11-18-10-9-16(3,4)15(17)19-20/h5-8,12,18,20H,9-11H2,1-4H3,(H2,17,19). The van der Waals surface area contributed by atoms with E-state index < -0.39 is 0 Å². The van der Waals surface area contributed by atoms with Gasteiger partial charge in [-0.25, -0.2) is 0 Å². The summed E-state index contributed by atoms with van der Waals surface area (Å²) in [6.07, 6.45) is 0.826. The average molecular weight is 277 g/mol. The van der Waals surface area contributed by atoms with E-state index in [2.05, 4.69) is 48.6 Å². The van der Waals surface area contributed by atoms with Crippen LogP contribution in [0.25, 0.3) is 0 Å². The van der Waals surface area contributed by atoms with Gasteiger partial charge in [0.15, 0.2) is 0 Å². The molecule has 0 aromatic heterocycles. The maximum Gasteiger partial charge on any atom is 0.144 e. The molecule has 0 fully saturated rings. The summed E-state index contributed by atoms with van der Waals surface area (Å²) in [7, 11) is 0. The molecule has 0 saturated carbocycles. The van der Waals surface area contributed by atoms with Gasteiger partial charge in [0.25, 0.3) is 0 Å². The number of amidine groups is 1. The van der Waals surface area contributed by atoms with Gasteiger partial charge >= 0.3 is 0 Å². The summed E-state index contributed by atoms with van der Waals surface area (Å²) in [4.78, 5) is 0. The van der Waals surface area contributed by atoms with E-state index >= 15 is 0 Å². The van der Waals surface area contributed by atoms with E-state index in [-0.39, 0.29) is 11.3 Å². The number of nitrogens with one attached hydrogen (secondary N) is 1. The van der Waals surface area contributed by atoms with Gasteiger partial charge < -0.3 is 16.3 Å². The molecule has 1 aromatic carbocycles. The first-order valence-electron chi connectivity index (χ1n) is 7.14. The van der Waals surface area contributed by atoms with Crippen LogP contribution in [0.1, 0.15) is 51.2 Å². The van der Waals surface area contributed by atoms with Crippen molar-refractivity contribution < 1.29 is 5.21 Å². The molecule has 4 heteroatoms. The molecule has 1 rings (SSSR count). The van der Waals surface area contributed by atoms with E-state index in [1.54, 1.807) is 0 Å². The predicted molar refractivity (Wildman–Crippen MR) is 84.0 cm³/mol. The second-order valence-corrected chi connectivity index (χ2v) is 6.19. The van der Waals surface area contributed by atoms with E-state index in [9.17, 15) is 0 Å². The maximum atomic E-state index is 8.72. The first-order chi connectivity index (χ1) is 9.36. The molecule has 0 aliphatic carbocycles. The Morgan fingerprint density at radius 2 is 1.90 bits per heavy atom. The first-order valence-corrected chi connectivity index (χ1v) is 7.14. The number of oxime groups is 1. The molecular weight excluding hydrogens is 250 g/mol. The van der Waals surface area contributed by atoms with Gasteiger partial charge in [-0.15, -0.1) is 0 Å². The fraction of sp³-hybridized carbons (Fsp3) is 0.562. The summed E-state index contributed by atoms with van der Waals surface area (Å²) in [6.45, 7) is 10.0. The lowest BCUT2D eigenvalue weighted by Crippen LogP contribution is -2.34. The third kappa shape index (κ3) is 4.85. The van der Waals surface area contributed by atoms with Crippen molar-refractivity contribution in [1.82, 2.24) is 5.32 Å². The van der Waals surface area contributed by atoms with Gasteiger partial charge in [-0.05, 0) is 30.0 Å². The molecule has 1 aromatic rings. The van der Waals surface area contributed by atoms with Crippen LogP contribution in [0.5, 0.6) is 0 Å². The zero-order valence-corrected chi connectivity index (χ0v) is 13.0. The van der Waals surface area contributed by atoms with Gasteiger partial charge in [0.2, 0.25) is 0 Å². The van der Waals surface area contributed by atoms with Crippen molar-refractivity contribution in [2.75, 3.05) is 6.54 Å². The van der Waals surface area contributed by atoms with Crippen molar-refractivity contribution in [3.8, 4) is 0 Å². The topological polar surface area (TPSA) is 70.6 Å². The van der Waals surface area contributed by atoms with Crippen LogP contribution >= 0.6 is 0 Å². The van der Waals surface area contributed by atoms with E-state index in [0.717, 1.165) is 19.5 Å². The van der Waals surface area contributed by atoms with Gasteiger partial charge in [-0.1, -0.05) is 57.1 Å². The molecular formula is C16H27N3O. The van der Waals surface area contributed by atoms with Crippen molar-refractivity contribution >= 4 is 5.84 Å². The van der Waals surface area contributed by atoms with Crippen molar-refractivity contribution in [3.63, 3.8) is 0 Å². The van der Waals surface area contributed by atoms with Crippen LogP contribution in [-0.4, -0.2) is 17.6 Å². The van der Waals surface area contributed by atoms with Gasteiger partial charge in [0.1, 0.15) is 5.84 Å². The van der Waals surface area contributed by atoms with Crippen molar-refractivity contribution in [1.29, 1.82) is 0 Å². The second kappa shape index (κ2) is 7.29. The SMILES string of the molecule is CC(C)c1ccc(CNCCC(C)(C)C(N)=NO)cc1. The Labute approximate surface area is 122 Å². The Morgan fingerprint density at radius 1 is 1.30 bits per heavy atom. The van der Waals surface area contributed by atoms with Crippen molar-refractivity contribution in [3.05, 3.63) is 35.4 Å². The molecule has 4 N–H and O–H groups in total. The molecule has 0 bridgehead atoms. The van der Waals surface area contributed by atoms with Crippen molar-refractivity contribution in [2.45, 2.75) is 46.6 Å². The first kappa shape index (κ1) is 16.5. The van der Waals surface area contributed by atoms with Crippen LogP contribution in [-0.2, 0) is 6.54 Å². The number of nitrogens with zero attached hydrogens (tertiary/aromatic N) is 1. The number of benzene rings is 1. The molecule has 4 nitrogen and oxygen atoms in total. The summed E-state index contributed by atoms with van der Waals surface area (Å²) in [5, 5.41) is 15.2. The summed E-state index contributed by atoms with van der Waals surface area (Å²) in [5.41, 5.74) is 8.01. The minimum Gasteiger partial charge on any atom is -0.409 e. The Hall–Kier alpha value is -1.55. The summed E-state index contributed by atoms with van der Waals surface area (Å²) in [6, 6.07) is 8.69. The lowest BCUT2D eigenvalue weighted by atomic mass is 9.88. The van der Waals surface area contributed by atoms with Gasteiger partial charge in [0.05, 0.1) is 0 Å². The van der Waals surface area contributed by atoms with Crippen LogP contribution in [0.15, 0.2) is 29.4 Å². The fourth-order valence-electron chi connectivity index (χ4n) is 1.92. The third-order valence-corrected chi connectivity index (χ3v) is 3.70. The third-order valence-electron chi connectivity index (χ3n) is 3.70. The quantitative estimate of drug-likeness (QED) is 0.236. The monoisotopic (exact) mass is 277 g/mol. The highest BCUT2D eigenvalue weighted by molar-refractivity contribution is 5.85. The fourth-order valence-corrected chi connectivity index (χ4v) is 1.92. The minimum absolute atomic E-state index is 0.278. The molecule has 0 heterocycles. The molecule has 112 valence electrons. The largest absolute Gasteiger partial charge is 0.409 e. The highest BCUT2D eigenvalue weighted by atomic mass is 16.4. The molecule has 0 radical (unpaired) electrons. The summed E-state index contributed by atoms with van der Waals surface area (Å²) >= 11 is 0. The van der Waals surface area contributed by atoms with E-state index in [1.165, 1.54) is 11.1 Å². The van der Waals surface area contributed by atoms with E-state index in [1.807, 2.05) is 13.8 Å². The minimum atomic E-state index is -0.288. The number of hydrogen-bond acceptors (Lipinski definition) is 3. The Morgan fingerprint density at radius 3 is 2.40 bits per heavy atom. The van der Waals surface area contributed by atoms with Gasteiger partial charge in [-0.2, -0.15) is 0 Å². The summed E-state index contributed by atoms with van der Waals surface area (Å²) in [5.74, 6) is 0.846. The molecule has 0 saturated heterocycles. The maximum absolute atomic E-state index is 8.72. The van der Waals surface area contributed by atoms with Gasteiger partial charge in [-0.3, -0.25) is 0 Å². The molecule has 0 spiro atoms. The van der Waals surface area contributed by atoms with E-state index in [0.29, 0.717) is 5.92 Å². The molecule has 0 amide bonds. The van der Waals surface area contributed by atoms with E-state index in [4.69, 9.17) is 10.9 Å². The normalized spacial score (nSPS) is 12.9. The van der Waals surface area contributed by atoms with Gasteiger partial charge in [0, 0.05) is 12.0 Å². The smallest absolute Gasteiger partial charge is 0.144 e.